The molecule has 0 saturated carbocycles. The molecular formula is C26H28N2O5. The smallest absolute Gasteiger partial charge is 0.290 e. The van der Waals surface area contributed by atoms with Crippen molar-refractivity contribution in [2.45, 2.75) is 19.9 Å². The molecule has 1 aromatic heterocycles. The quantitative estimate of drug-likeness (QED) is 0.576. The number of nitrogens with zero attached hydrogens (tertiary/aromatic N) is 2. The Bertz CT molecular complexity index is 1230. The molecule has 1 saturated heterocycles. The molecule has 2 aromatic carbocycles. The average molecular weight is 449 g/mol. The van der Waals surface area contributed by atoms with Gasteiger partial charge in [-0.25, -0.2) is 0 Å². The number of fused-ring (bicyclic) bond motifs is 2. The van der Waals surface area contributed by atoms with Gasteiger partial charge in [-0.15, -0.1) is 0 Å². The van der Waals surface area contributed by atoms with E-state index in [1.807, 2.05) is 50.2 Å². The van der Waals surface area contributed by atoms with Crippen LogP contribution in [-0.4, -0.2) is 61.7 Å². The van der Waals surface area contributed by atoms with Gasteiger partial charge in [-0.1, -0.05) is 23.8 Å². The Balaban J connectivity index is 1.58. The SMILES string of the molecule is CCOc1ccc([C@@H]2c3c(oc4ccc(C)cc4c3=O)C(=O)N2CCN2CCOCC2)cc1. The van der Waals surface area contributed by atoms with E-state index in [9.17, 15) is 9.59 Å². The number of morpholine rings is 1. The van der Waals surface area contributed by atoms with Crippen molar-refractivity contribution >= 4 is 16.9 Å². The maximum atomic E-state index is 13.6. The normalized spacial score (nSPS) is 18.7. The van der Waals surface area contributed by atoms with Crippen LogP contribution in [0.1, 0.15) is 40.2 Å². The van der Waals surface area contributed by atoms with Gasteiger partial charge in [0.2, 0.25) is 5.76 Å². The minimum Gasteiger partial charge on any atom is -0.494 e. The van der Waals surface area contributed by atoms with Gasteiger partial charge in [0.15, 0.2) is 5.43 Å². The van der Waals surface area contributed by atoms with Gasteiger partial charge in [0.05, 0.1) is 36.8 Å². The van der Waals surface area contributed by atoms with Crippen molar-refractivity contribution in [1.29, 1.82) is 0 Å². The predicted molar refractivity (Wildman–Crippen MR) is 125 cm³/mol. The van der Waals surface area contributed by atoms with E-state index in [2.05, 4.69) is 4.90 Å². The van der Waals surface area contributed by atoms with E-state index >= 15 is 0 Å². The first-order valence-corrected chi connectivity index (χ1v) is 11.5. The lowest BCUT2D eigenvalue weighted by Gasteiger charge is -2.31. The molecule has 5 rings (SSSR count). The second-order valence-corrected chi connectivity index (χ2v) is 8.53. The molecule has 0 radical (unpaired) electrons. The van der Waals surface area contributed by atoms with Gasteiger partial charge in [-0.3, -0.25) is 14.5 Å². The van der Waals surface area contributed by atoms with Crippen LogP contribution in [0.25, 0.3) is 11.0 Å². The van der Waals surface area contributed by atoms with Crippen molar-refractivity contribution in [1.82, 2.24) is 9.80 Å². The largest absolute Gasteiger partial charge is 0.494 e. The monoisotopic (exact) mass is 448 g/mol. The van der Waals surface area contributed by atoms with Gasteiger partial charge in [0, 0.05) is 26.2 Å². The molecule has 7 heteroatoms. The third-order valence-corrected chi connectivity index (χ3v) is 6.39. The fourth-order valence-electron chi connectivity index (χ4n) is 4.70. The molecular weight excluding hydrogens is 420 g/mol. The van der Waals surface area contributed by atoms with Crippen LogP contribution in [0.3, 0.4) is 0 Å². The number of ether oxygens (including phenoxy) is 2. The second kappa shape index (κ2) is 9.00. The number of hydrogen-bond acceptors (Lipinski definition) is 6. The summed E-state index contributed by atoms with van der Waals surface area (Å²) in [6.45, 7) is 8.72. The van der Waals surface area contributed by atoms with Crippen LogP contribution in [0.4, 0.5) is 0 Å². The highest BCUT2D eigenvalue weighted by atomic mass is 16.5. The number of carbonyl (C=O) groups excluding carboxylic acids is 1. The first kappa shape index (κ1) is 21.7. The summed E-state index contributed by atoms with van der Waals surface area (Å²) in [5.41, 5.74) is 2.56. The topological polar surface area (TPSA) is 72.2 Å². The van der Waals surface area contributed by atoms with Gasteiger partial charge >= 0.3 is 0 Å². The third kappa shape index (κ3) is 4.03. The van der Waals surface area contributed by atoms with E-state index < -0.39 is 6.04 Å². The molecule has 33 heavy (non-hydrogen) atoms. The molecule has 1 amide bonds. The molecule has 0 N–H and O–H groups in total. The van der Waals surface area contributed by atoms with Crippen LogP contribution in [0.5, 0.6) is 5.75 Å². The minimum absolute atomic E-state index is 0.143. The van der Waals surface area contributed by atoms with E-state index in [1.54, 1.807) is 11.0 Å². The molecule has 1 fully saturated rings. The van der Waals surface area contributed by atoms with Crippen molar-refractivity contribution in [3.05, 3.63) is 75.1 Å². The molecule has 0 aliphatic carbocycles. The zero-order valence-corrected chi connectivity index (χ0v) is 19.0. The van der Waals surface area contributed by atoms with Crippen LogP contribution < -0.4 is 10.2 Å². The lowest BCUT2D eigenvalue weighted by atomic mass is 9.98. The van der Waals surface area contributed by atoms with Crippen molar-refractivity contribution < 1.29 is 18.7 Å². The first-order chi connectivity index (χ1) is 16.1. The van der Waals surface area contributed by atoms with Crippen molar-refractivity contribution in [3.63, 3.8) is 0 Å². The van der Waals surface area contributed by atoms with Gasteiger partial charge in [0.1, 0.15) is 11.3 Å². The zero-order chi connectivity index (χ0) is 22.9. The lowest BCUT2D eigenvalue weighted by molar-refractivity contribution is 0.0314. The Morgan fingerprint density at radius 3 is 2.52 bits per heavy atom. The highest BCUT2D eigenvalue weighted by molar-refractivity contribution is 5.99. The van der Waals surface area contributed by atoms with E-state index in [1.165, 1.54) is 0 Å². The number of aryl methyl sites for hydroxylation is 1. The van der Waals surface area contributed by atoms with Crippen molar-refractivity contribution in [2.75, 3.05) is 46.0 Å². The number of carbonyl (C=O) groups is 1. The first-order valence-electron chi connectivity index (χ1n) is 11.5. The summed E-state index contributed by atoms with van der Waals surface area (Å²) < 4.78 is 17.1. The molecule has 2 aliphatic heterocycles. The molecule has 0 unspecified atom stereocenters. The van der Waals surface area contributed by atoms with Crippen molar-refractivity contribution in [3.8, 4) is 5.75 Å². The van der Waals surface area contributed by atoms with Gasteiger partial charge < -0.3 is 18.8 Å². The molecule has 0 bridgehead atoms. The summed E-state index contributed by atoms with van der Waals surface area (Å²) in [4.78, 5) is 31.2. The maximum absolute atomic E-state index is 13.6. The molecule has 2 aliphatic rings. The molecule has 1 atom stereocenters. The standard InChI is InChI=1S/C26H28N2O5/c1-3-32-19-7-5-18(6-8-19)23-22-24(29)20-16-17(2)4-9-21(20)33-25(22)26(30)28(23)11-10-27-12-14-31-15-13-27/h4-9,16,23H,3,10-15H2,1-2H3/t23-/m1/s1. The molecule has 3 heterocycles. The predicted octanol–water partition coefficient (Wildman–Crippen LogP) is 3.38. The average Bonchev–Trinajstić information content (AvgIpc) is 3.11. The summed E-state index contributed by atoms with van der Waals surface area (Å²) >= 11 is 0. The Labute approximate surface area is 192 Å². The Morgan fingerprint density at radius 2 is 1.79 bits per heavy atom. The van der Waals surface area contributed by atoms with Gasteiger partial charge in [0.25, 0.3) is 5.91 Å². The minimum atomic E-state index is -0.495. The Hall–Kier alpha value is -3.16. The summed E-state index contributed by atoms with van der Waals surface area (Å²) in [6, 6.07) is 12.6. The molecule has 0 spiro atoms. The summed E-state index contributed by atoms with van der Waals surface area (Å²) in [6.07, 6.45) is 0. The molecule has 3 aromatic rings. The van der Waals surface area contributed by atoms with E-state index in [-0.39, 0.29) is 17.1 Å². The maximum Gasteiger partial charge on any atom is 0.290 e. The molecule has 172 valence electrons. The van der Waals surface area contributed by atoms with Crippen LogP contribution in [-0.2, 0) is 4.74 Å². The highest BCUT2D eigenvalue weighted by Gasteiger charge is 2.42. The lowest BCUT2D eigenvalue weighted by Crippen LogP contribution is -2.42. The Kier molecular flexibility index (Phi) is 5.91. The number of rotatable bonds is 6. The summed E-state index contributed by atoms with van der Waals surface area (Å²) in [7, 11) is 0. The number of hydrogen-bond donors (Lipinski definition) is 0. The van der Waals surface area contributed by atoms with Gasteiger partial charge in [-0.2, -0.15) is 0 Å². The highest BCUT2D eigenvalue weighted by Crippen LogP contribution is 2.38. The zero-order valence-electron chi connectivity index (χ0n) is 19.0. The fourth-order valence-corrected chi connectivity index (χ4v) is 4.70. The van der Waals surface area contributed by atoms with Crippen LogP contribution in [0.2, 0.25) is 0 Å². The van der Waals surface area contributed by atoms with E-state index in [0.29, 0.717) is 49.4 Å². The van der Waals surface area contributed by atoms with Crippen LogP contribution in [0.15, 0.2) is 51.7 Å². The second-order valence-electron chi connectivity index (χ2n) is 8.53. The van der Waals surface area contributed by atoms with Gasteiger partial charge in [-0.05, 0) is 43.7 Å². The van der Waals surface area contributed by atoms with E-state index in [4.69, 9.17) is 13.9 Å². The van der Waals surface area contributed by atoms with Crippen LogP contribution >= 0.6 is 0 Å². The molecule has 7 nitrogen and oxygen atoms in total. The Morgan fingerprint density at radius 1 is 1.03 bits per heavy atom. The van der Waals surface area contributed by atoms with Crippen molar-refractivity contribution in [2.24, 2.45) is 0 Å². The number of amides is 1. The summed E-state index contributed by atoms with van der Waals surface area (Å²) in [5, 5.41) is 0.507. The summed E-state index contributed by atoms with van der Waals surface area (Å²) in [5.74, 6) is 0.667. The third-order valence-electron chi connectivity index (χ3n) is 6.39. The fraction of sp³-hybridized carbons (Fsp3) is 0.385. The van der Waals surface area contributed by atoms with E-state index in [0.717, 1.165) is 30.0 Å². The number of benzene rings is 2. The van der Waals surface area contributed by atoms with Crippen LogP contribution in [0, 0.1) is 6.92 Å².